The molecule has 5 nitrogen and oxygen atoms in total. The van der Waals surface area contributed by atoms with Crippen LogP contribution < -0.4 is 10.6 Å². The molecule has 2 aromatic rings. The Hall–Kier alpha value is -2.37. The van der Waals surface area contributed by atoms with E-state index < -0.39 is 0 Å². The number of rotatable bonds is 5. The van der Waals surface area contributed by atoms with Crippen LogP contribution in [0, 0.1) is 12.7 Å². The predicted octanol–water partition coefficient (Wildman–Crippen LogP) is 3.67. The molecule has 2 N–H and O–H groups in total. The van der Waals surface area contributed by atoms with Gasteiger partial charge < -0.3 is 15.1 Å². The van der Waals surface area contributed by atoms with Gasteiger partial charge in [-0.15, -0.1) is 0 Å². The molecule has 1 aromatic carbocycles. The van der Waals surface area contributed by atoms with Crippen LogP contribution in [0.5, 0.6) is 0 Å². The Morgan fingerprint density at radius 3 is 2.64 bits per heavy atom. The summed E-state index contributed by atoms with van der Waals surface area (Å²) in [6.45, 7) is 11.7. The van der Waals surface area contributed by atoms with E-state index in [0.717, 1.165) is 17.9 Å². The maximum atomic E-state index is 13.3. The minimum atomic E-state index is -0.198. The molecule has 0 saturated carbocycles. The number of aliphatic imine (C=N–C) groups is 1. The van der Waals surface area contributed by atoms with Gasteiger partial charge in [-0.3, -0.25) is 0 Å². The molecule has 0 unspecified atom stereocenters. The number of hydrogen-bond acceptors (Lipinski definition) is 3. The first-order valence-corrected chi connectivity index (χ1v) is 8.52. The smallest absolute Gasteiger partial charge is 0.213 e. The molecule has 0 radical (unpaired) electrons. The van der Waals surface area contributed by atoms with E-state index in [9.17, 15) is 4.39 Å². The molecule has 0 atom stereocenters. The van der Waals surface area contributed by atoms with Crippen molar-refractivity contribution in [3.63, 3.8) is 0 Å². The molecule has 0 fully saturated rings. The summed E-state index contributed by atoms with van der Waals surface area (Å²) >= 11 is 0. The third-order valence-electron chi connectivity index (χ3n) is 3.69. The molecule has 0 aliphatic carbocycles. The van der Waals surface area contributed by atoms with Crippen LogP contribution in [-0.2, 0) is 18.5 Å². The highest BCUT2D eigenvalue weighted by molar-refractivity contribution is 5.79. The van der Waals surface area contributed by atoms with Gasteiger partial charge in [-0.25, -0.2) is 14.4 Å². The summed E-state index contributed by atoms with van der Waals surface area (Å²) < 4.78 is 19.1. The number of guanidine groups is 1. The van der Waals surface area contributed by atoms with Crippen molar-refractivity contribution in [3.8, 4) is 0 Å². The second-order valence-corrected chi connectivity index (χ2v) is 7.00. The van der Waals surface area contributed by atoms with Crippen molar-refractivity contribution in [3.05, 3.63) is 53.0 Å². The lowest BCUT2D eigenvalue weighted by Crippen LogP contribution is -2.36. The van der Waals surface area contributed by atoms with Crippen molar-refractivity contribution >= 4 is 5.96 Å². The van der Waals surface area contributed by atoms with E-state index in [-0.39, 0.29) is 11.2 Å². The van der Waals surface area contributed by atoms with E-state index in [2.05, 4.69) is 41.4 Å². The predicted molar refractivity (Wildman–Crippen MR) is 98.0 cm³/mol. The van der Waals surface area contributed by atoms with Crippen molar-refractivity contribution in [2.75, 3.05) is 6.54 Å². The Kier molecular flexibility index (Phi) is 6.17. The molecular weight excluding hydrogens is 319 g/mol. The highest BCUT2D eigenvalue weighted by atomic mass is 19.1. The van der Waals surface area contributed by atoms with Crippen LogP contribution in [0.3, 0.4) is 0 Å². The Morgan fingerprint density at radius 1 is 1.28 bits per heavy atom. The standard InChI is InChI=1S/C19H27FN4O/c1-6-21-18(23-10-14-7-8-15(20)13(2)9-14)24-12-17-22-11-16(25-17)19(3,4)5/h7-9,11H,6,10,12H2,1-5H3,(H2,21,23,24). The lowest BCUT2D eigenvalue weighted by molar-refractivity contribution is 0.379. The monoisotopic (exact) mass is 346 g/mol. The molecule has 6 heteroatoms. The fourth-order valence-electron chi connectivity index (χ4n) is 2.22. The maximum absolute atomic E-state index is 13.3. The number of aryl methyl sites for hydroxylation is 1. The van der Waals surface area contributed by atoms with Crippen LogP contribution in [0.1, 0.15) is 50.5 Å². The lowest BCUT2D eigenvalue weighted by Gasteiger charge is -2.13. The highest BCUT2D eigenvalue weighted by Gasteiger charge is 2.19. The largest absolute Gasteiger partial charge is 0.443 e. The molecule has 0 bridgehead atoms. The Bertz CT molecular complexity index is 731. The normalized spacial score (nSPS) is 12.3. The third-order valence-corrected chi connectivity index (χ3v) is 3.69. The zero-order valence-electron chi connectivity index (χ0n) is 15.6. The summed E-state index contributed by atoms with van der Waals surface area (Å²) in [6.07, 6.45) is 1.77. The molecule has 0 aliphatic rings. The summed E-state index contributed by atoms with van der Waals surface area (Å²) in [4.78, 5) is 8.83. The minimum Gasteiger partial charge on any atom is -0.443 e. The summed E-state index contributed by atoms with van der Waals surface area (Å²) in [5, 5.41) is 6.39. The van der Waals surface area contributed by atoms with E-state index in [0.29, 0.717) is 30.5 Å². The van der Waals surface area contributed by atoms with E-state index in [1.807, 2.05) is 13.0 Å². The first-order chi connectivity index (χ1) is 11.8. The summed E-state index contributed by atoms with van der Waals surface area (Å²) in [5.41, 5.74) is 1.52. The summed E-state index contributed by atoms with van der Waals surface area (Å²) in [7, 11) is 0. The molecule has 1 heterocycles. The fraction of sp³-hybridized carbons (Fsp3) is 0.474. The van der Waals surface area contributed by atoms with Gasteiger partial charge in [-0.1, -0.05) is 32.9 Å². The average molecular weight is 346 g/mol. The van der Waals surface area contributed by atoms with Gasteiger partial charge >= 0.3 is 0 Å². The first-order valence-electron chi connectivity index (χ1n) is 8.52. The number of nitrogens with one attached hydrogen (secondary N) is 2. The zero-order valence-corrected chi connectivity index (χ0v) is 15.6. The lowest BCUT2D eigenvalue weighted by atomic mass is 9.94. The van der Waals surface area contributed by atoms with Gasteiger partial charge in [0.05, 0.1) is 19.3 Å². The second kappa shape index (κ2) is 8.14. The maximum Gasteiger partial charge on any atom is 0.213 e. The van der Waals surface area contributed by atoms with Crippen LogP contribution >= 0.6 is 0 Å². The van der Waals surface area contributed by atoms with Crippen molar-refractivity contribution in [1.82, 2.24) is 15.6 Å². The Morgan fingerprint density at radius 2 is 2.04 bits per heavy atom. The number of benzene rings is 1. The fourth-order valence-corrected chi connectivity index (χ4v) is 2.22. The number of aromatic nitrogens is 1. The molecule has 1 aromatic heterocycles. The van der Waals surface area contributed by atoms with Gasteiger partial charge in [0, 0.05) is 12.0 Å². The van der Waals surface area contributed by atoms with Crippen LogP contribution in [0.25, 0.3) is 0 Å². The minimum absolute atomic E-state index is 0.0652. The molecule has 2 rings (SSSR count). The van der Waals surface area contributed by atoms with Gasteiger partial charge in [0.15, 0.2) is 5.96 Å². The Labute approximate surface area is 148 Å². The SMILES string of the molecule is CCNC(=NCc1ccc(F)c(C)c1)NCc1ncc(C(C)(C)C)o1. The van der Waals surface area contributed by atoms with E-state index >= 15 is 0 Å². The number of hydrogen-bond donors (Lipinski definition) is 2. The molecular formula is C19H27FN4O. The molecule has 25 heavy (non-hydrogen) atoms. The van der Waals surface area contributed by atoms with Gasteiger partial charge in [-0.2, -0.15) is 0 Å². The number of oxazole rings is 1. The van der Waals surface area contributed by atoms with E-state index in [4.69, 9.17) is 4.42 Å². The number of nitrogens with zero attached hydrogens (tertiary/aromatic N) is 2. The molecule has 136 valence electrons. The topological polar surface area (TPSA) is 62.5 Å². The summed E-state index contributed by atoms with van der Waals surface area (Å²) in [5.74, 6) is 1.94. The Balaban J connectivity index is 1.99. The molecule has 0 saturated heterocycles. The molecule has 0 amide bonds. The number of halogens is 1. The van der Waals surface area contributed by atoms with Crippen LogP contribution in [0.15, 0.2) is 33.8 Å². The van der Waals surface area contributed by atoms with Gasteiger partial charge in [0.2, 0.25) is 5.89 Å². The van der Waals surface area contributed by atoms with Crippen molar-refractivity contribution in [2.24, 2.45) is 4.99 Å². The molecule has 0 aliphatic heterocycles. The quantitative estimate of drug-likeness (QED) is 0.640. The van der Waals surface area contributed by atoms with Gasteiger partial charge in [0.1, 0.15) is 11.6 Å². The van der Waals surface area contributed by atoms with Crippen LogP contribution in [-0.4, -0.2) is 17.5 Å². The van der Waals surface area contributed by atoms with E-state index in [1.165, 1.54) is 6.07 Å². The van der Waals surface area contributed by atoms with Crippen molar-refractivity contribution < 1.29 is 8.81 Å². The second-order valence-electron chi connectivity index (χ2n) is 7.00. The third kappa shape index (κ3) is 5.59. The first kappa shape index (κ1) is 19.0. The van der Waals surface area contributed by atoms with Gasteiger partial charge in [0.25, 0.3) is 0 Å². The van der Waals surface area contributed by atoms with E-state index in [1.54, 1.807) is 19.2 Å². The van der Waals surface area contributed by atoms with Crippen LogP contribution in [0.4, 0.5) is 4.39 Å². The van der Waals surface area contributed by atoms with Crippen molar-refractivity contribution in [1.29, 1.82) is 0 Å². The van der Waals surface area contributed by atoms with Gasteiger partial charge in [-0.05, 0) is 31.0 Å². The zero-order chi connectivity index (χ0) is 18.4. The van der Waals surface area contributed by atoms with Crippen molar-refractivity contribution in [2.45, 2.75) is 53.1 Å². The molecule has 0 spiro atoms. The van der Waals surface area contributed by atoms with Crippen LogP contribution in [0.2, 0.25) is 0 Å². The summed E-state index contributed by atoms with van der Waals surface area (Å²) in [6, 6.07) is 5.03. The highest BCUT2D eigenvalue weighted by Crippen LogP contribution is 2.22. The average Bonchev–Trinajstić information content (AvgIpc) is 3.02.